The average Bonchev–Trinajstić information content (AvgIpc) is 2.88. The maximum absolute atomic E-state index is 12.8. The van der Waals surface area contributed by atoms with Gasteiger partial charge in [-0.15, -0.1) is 0 Å². The van der Waals surface area contributed by atoms with Crippen LogP contribution in [0.1, 0.15) is 30.3 Å². The third kappa shape index (κ3) is 2.01. The summed E-state index contributed by atoms with van der Waals surface area (Å²) < 4.78 is -0.536. The highest BCUT2D eigenvalue weighted by Crippen LogP contribution is 2.30. The minimum absolute atomic E-state index is 0.219. The van der Waals surface area contributed by atoms with Crippen LogP contribution in [0.2, 0.25) is 0 Å². The quantitative estimate of drug-likeness (QED) is 0.818. The number of carbonyl (C=O) groups excluding carboxylic acids is 1. The molecule has 5 heteroatoms. The Labute approximate surface area is 122 Å². The largest absolute Gasteiger partial charge is 0.521 e. The number of carbonyl (C=O) groups is 2. The molecule has 0 saturated carbocycles. The number of imide groups is 1. The van der Waals surface area contributed by atoms with E-state index in [1.165, 1.54) is 0 Å². The van der Waals surface area contributed by atoms with Crippen molar-refractivity contribution in [2.75, 3.05) is 6.54 Å². The number of amides is 2. The maximum atomic E-state index is 12.8. The molecule has 5 nitrogen and oxygen atoms in total. The van der Waals surface area contributed by atoms with Crippen molar-refractivity contribution >= 4 is 22.8 Å². The van der Waals surface area contributed by atoms with Gasteiger partial charge in [-0.1, -0.05) is 24.3 Å². The zero-order valence-corrected chi connectivity index (χ0v) is 11.8. The van der Waals surface area contributed by atoms with Gasteiger partial charge in [0.15, 0.2) is 5.69 Å². The first-order chi connectivity index (χ1) is 10.1. The lowest BCUT2D eigenvalue weighted by Gasteiger charge is -2.29. The van der Waals surface area contributed by atoms with Crippen LogP contribution in [0, 0.1) is 0 Å². The molecule has 3 rings (SSSR count). The van der Waals surface area contributed by atoms with Crippen molar-refractivity contribution in [3.05, 3.63) is 42.2 Å². The topological polar surface area (TPSA) is 67.3 Å². The van der Waals surface area contributed by atoms with Gasteiger partial charge in [-0.25, -0.2) is 9.78 Å². The molecule has 1 aliphatic heterocycles. The number of aromatic nitrogens is 1. The van der Waals surface area contributed by atoms with Gasteiger partial charge in [-0.3, -0.25) is 0 Å². The Balaban J connectivity index is 2.08. The van der Waals surface area contributed by atoms with Crippen molar-refractivity contribution < 1.29 is 19.2 Å². The Morgan fingerprint density at radius 3 is 2.62 bits per heavy atom. The van der Waals surface area contributed by atoms with Crippen LogP contribution in [-0.4, -0.2) is 39.2 Å². The van der Waals surface area contributed by atoms with Crippen molar-refractivity contribution in [1.29, 1.82) is 0 Å². The van der Waals surface area contributed by atoms with E-state index in [-0.39, 0.29) is 11.7 Å². The summed E-state index contributed by atoms with van der Waals surface area (Å²) in [6.45, 7) is 2.16. The fourth-order valence-electron chi connectivity index (χ4n) is 3.15. The van der Waals surface area contributed by atoms with Crippen LogP contribution in [0.3, 0.4) is 0 Å². The van der Waals surface area contributed by atoms with Gasteiger partial charge in [0.25, 0.3) is 0 Å². The summed E-state index contributed by atoms with van der Waals surface area (Å²) in [5.41, 5.74) is 0.227. The van der Waals surface area contributed by atoms with Gasteiger partial charge >= 0.3 is 12.0 Å². The van der Waals surface area contributed by atoms with E-state index in [1.54, 1.807) is 12.3 Å². The third-order valence-electron chi connectivity index (χ3n) is 4.44. The van der Waals surface area contributed by atoms with Crippen molar-refractivity contribution in [3.8, 4) is 0 Å². The van der Waals surface area contributed by atoms with E-state index in [4.69, 9.17) is 0 Å². The summed E-state index contributed by atoms with van der Waals surface area (Å²) in [6.07, 6.45) is 2.03. The van der Waals surface area contributed by atoms with Crippen LogP contribution in [0.4, 0.5) is 4.79 Å². The summed E-state index contributed by atoms with van der Waals surface area (Å²) in [5, 5.41) is 11.4. The van der Waals surface area contributed by atoms with Crippen LogP contribution < -0.4 is 0 Å². The molecule has 1 aromatic heterocycles. The van der Waals surface area contributed by atoms with Crippen molar-refractivity contribution in [3.63, 3.8) is 0 Å². The van der Waals surface area contributed by atoms with E-state index in [0.29, 0.717) is 6.54 Å². The molecule has 0 spiro atoms. The predicted octanol–water partition coefficient (Wildman–Crippen LogP) is 3.05. The molecule has 2 atom stereocenters. The summed E-state index contributed by atoms with van der Waals surface area (Å²) in [6, 6.07) is 9.06. The Morgan fingerprint density at radius 2 is 2.00 bits per heavy atom. The number of quaternary nitrogens is 1. The second-order valence-electron chi connectivity index (χ2n) is 5.59. The SMILES string of the molecule is C[C@@H]1CCC[N+]1(C(=O)O)C(=O)c1cc2ccccc2cn1. The summed E-state index contributed by atoms with van der Waals surface area (Å²) in [5.74, 6) is -0.418. The number of nitrogens with zero attached hydrogens (tertiary/aromatic N) is 2. The van der Waals surface area contributed by atoms with E-state index in [1.807, 2.05) is 31.2 Å². The van der Waals surface area contributed by atoms with Crippen molar-refractivity contribution in [2.24, 2.45) is 0 Å². The molecule has 1 aliphatic rings. The molecule has 2 heterocycles. The van der Waals surface area contributed by atoms with E-state index >= 15 is 0 Å². The Hall–Kier alpha value is -2.27. The molecule has 0 aliphatic carbocycles. The standard InChI is InChI=1S/C16H16N2O3/c1-11-5-4-8-18(11,16(20)21)15(19)14-9-12-6-2-3-7-13(12)10-17-14/h2-3,6-7,9-11H,4-5,8H2,1H3/p+1/t11-,18?/m1/s1. The summed E-state index contributed by atoms with van der Waals surface area (Å²) in [7, 11) is 0. The number of fused-ring (bicyclic) bond motifs is 1. The van der Waals surface area contributed by atoms with Crippen LogP contribution in [0.25, 0.3) is 10.8 Å². The second-order valence-corrected chi connectivity index (χ2v) is 5.59. The number of pyridine rings is 1. The molecule has 21 heavy (non-hydrogen) atoms. The van der Waals surface area contributed by atoms with Crippen molar-refractivity contribution in [1.82, 2.24) is 4.98 Å². The number of likely N-dealkylation sites (tertiary alicyclic amines) is 1. The number of carboxylic acid groups (broad SMARTS) is 1. The first-order valence-corrected chi connectivity index (χ1v) is 7.06. The zero-order chi connectivity index (χ0) is 15.0. The Kier molecular flexibility index (Phi) is 3.22. The molecule has 108 valence electrons. The van der Waals surface area contributed by atoms with Crippen LogP contribution in [0.5, 0.6) is 0 Å². The first kappa shape index (κ1) is 13.7. The van der Waals surface area contributed by atoms with Gasteiger partial charge in [0, 0.05) is 24.4 Å². The molecule has 1 saturated heterocycles. The normalized spacial score (nSPS) is 25.1. The number of hydrogen-bond acceptors (Lipinski definition) is 3. The van der Waals surface area contributed by atoms with Gasteiger partial charge < -0.3 is 5.11 Å². The smallest absolute Gasteiger partial charge is 0.435 e. The van der Waals surface area contributed by atoms with Crippen LogP contribution in [-0.2, 0) is 0 Å². The maximum Gasteiger partial charge on any atom is 0.521 e. The molecule has 2 aromatic rings. The van der Waals surface area contributed by atoms with Gasteiger partial charge in [-0.2, -0.15) is 9.28 Å². The molecule has 1 aromatic carbocycles. The molecule has 1 fully saturated rings. The summed E-state index contributed by atoms with van der Waals surface area (Å²) in [4.78, 5) is 28.7. The highest BCUT2D eigenvalue weighted by atomic mass is 16.4. The fraction of sp³-hybridized carbons (Fsp3) is 0.312. The monoisotopic (exact) mass is 285 g/mol. The van der Waals surface area contributed by atoms with E-state index in [9.17, 15) is 14.7 Å². The lowest BCUT2D eigenvalue weighted by Crippen LogP contribution is -2.58. The average molecular weight is 285 g/mol. The Bertz CT molecular complexity index is 728. The van der Waals surface area contributed by atoms with E-state index < -0.39 is 16.5 Å². The number of benzene rings is 1. The highest BCUT2D eigenvalue weighted by Gasteiger charge is 2.53. The third-order valence-corrected chi connectivity index (χ3v) is 4.44. The zero-order valence-electron chi connectivity index (χ0n) is 11.8. The van der Waals surface area contributed by atoms with Gasteiger partial charge in [0.2, 0.25) is 0 Å². The minimum atomic E-state index is -1.08. The van der Waals surface area contributed by atoms with Gasteiger partial charge in [0.05, 0.1) is 6.54 Å². The molecule has 1 N–H and O–H groups in total. The fourth-order valence-corrected chi connectivity index (χ4v) is 3.15. The molecular formula is C16H17N2O3+. The minimum Gasteiger partial charge on any atom is -0.435 e. The number of hydrogen-bond donors (Lipinski definition) is 1. The van der Waals surface area contributed by atoms with E-state index in [0.717, 1.165) is 23.6 Å². The molecule has 0 radical (unpaired) electrons. The van der Waals surface area contributed by atoms with Crippen LogP contribution in [0.15, 0.2) is 36.5 Å². The predicted molar refractivity (Wildman–Crippen MR) is 77.9 cm³/mol. The molecule has 1 unspecified atom stereocenters. The van der Waals surface area contributed by atoms with Crippen molar-refractivity contribution in [2.45, 2.75) is 25.8 Å². The van der Waals surface area contributed by atoms with Gasteiger partial charge in [-0.05, 0) is 18.4 Å². The second kappa shape index (κ2) is 4.93. The molecule has 2 amide bonds. The molecule has 0 bridgehead atoms. The highest BCUT2D eigenvalue weighted by molar-refractivity contribution is 5.96. The lowest BCUT2D eigenvalue weighted by molar-refractivity contribution is -0.786. The molecular weight excluding hydrogens is 268 g/mol. The summed E-state index contributed by atoms with van der Waals surface area (Å²) >= 11 is 0. The number of rotatable bonds is 1. The first-order valence-electron chi connectivity index (χ1n) is 7.06. The van der Waals surface area contributed by atoms with Gasteiger partial charge in [0.1, 0.15) is 6.04 Å². The van der Waals surface area contributed by atoms with Crippen LogP contribution >= 0.6 is 0 Å². The lowest BCUT2D eigenvalue weighted by atomic mass is 10.1. The Morgan fingerprint density at radius 1 is 1.29 bits per heavy atom. The van der Waals surface area contributed by atoms with E-state index in [2.05, 4.69) is 4.98 Å².